The van der Waals surface area contributed by atoms with Crippen molar-refractivity contribution in [2.45, 2.75) is 53.1 Å². The van der Waals surface area contributed by atoms with Crippen LogP contribution in [0.3, 0.4) is 0 Å². The van der Waals surface area contributed by atoms with Crippen molar-refractivity contribution in [3.8, 4) is 5.69 Å². The van der Waals surface area contributed by atoms with Gasteiger partial charge in [-0.05, 0) is 37.1 Å². The van der Waals surface area contributed by atoms with Crippen LogP contribution in [0.5, 0.6) is 0 Å². The van der Waals surface area contributed by atoms with Crippen molar-refractivity contribution in [1.82, 2.24) is 15.1 Å². The van der Waals surface area contributed by atoms with Crippen molar-refractivity contribution in [3.63, 3.8) is 0 Å². The van der Waals surface area contributed by atoms with E-state index in [1.54, 1.807) is 0 Å². The summed E-state index contributed by atoms with van der Waals surface area (Å²) < 4.78 is 3.21. The number of aromatic nitrogens is 2. The van der Waals surface area contributed by atoms with Crippen molar-refractivity contribution in [2.24, 2.45) is 0 Å². The molecule has 0 aliphatic heterocycles. The normalized spacial score (nSPS) is 11.3. The highest BCUT2D eigenvalue weighted by Gasteiger charge is 2.13. The first-order valence-electron chi connectivity index (χ1n) is 7.58. The van der Waals surface area contributed by atoms with Gasteiger partial charge < -0.3 is 5.32 Å². The molecule has 1 aromatic heterocycles. The number of hydrogen-bond donors (Lipinski definition) is 1. The summed E-state index contributed by atoms with van der Waals surface area (Å²) in [7, 11) is 0. The first-order valence-corrected chi connectivity index (χ1v) is 8.38. The Labute approximate surface area is 135 Å². The molecule has 21 heavy (non-hydrogen) atoms. The average molecular weight is 350 g/mol. The molecule has 0 bridgehead atoms. The third-order valence-corrected chi connectivity index (χ3v) is 4.02. The molecule has 0 atom stereocenters. The lowest BCUT2D eigenvalue weighted by atomic mass is 10.1. The number of halogens is 1. The molecule has 0 saturated heterocycles. The molecule has 2 aromatic rings. The molecule has 4 heteroatoms. The van der Waals surface area contributed by atoms with E-state index in [0.29, 0.717) is 6.04 Å². The third kappa shape index (κ3) is 3.95. The summed E-state index contributed by atoms with van der Waals surface area (Å²) in [5, 5.41) is 8.12. The van der Waals surface area contributed by atoms with Gasteiger partial charge in [0.05, 0.1) is 11.9 Å². The summed E-state index contributed by atoms with van der Waals surface area (Å²) in [6.07, 6.45) is 4.17. The Morgan fingerprint density at radius 3 is 2.71 bits per heavy atom. The summed E-state index contributed by atoms with van der Waals surface area (Å²) in [6, 6.07) is 6.83. The lowest BCUT2D eigenvalue weighted by Gasteiger charge is -2.13. The zero-order valence-electron chi connectivity index (χ0n) is 13.3. The maximum Gasteiger partial charge on any atom is 0.0678 e. The Hall–Kier alpha value is -1.13. The van der Waals surface area contributed by atoms with Crippen LogP contribution in [0.25, 0.3) is 5.69 Å². The SMILES string of the molecule is CCCc1c(CNC(C)C)cnn1-c1ccc(Br)cc1C. The molecule has 2 rings (SSSR count). The molecular formula is C17H24BrN3. The Kier molecular flexibility index (Phi) is 5.59. The molecule has 0 aliphatic rings. The fourth-order valence-electron chi connectivity index (χ4n) is 2.44. The van der Waals surface area contributed by atoms with Gasteiger partial charge in [0.25, 0.3) is 0 Å². The fraction of sp³-hybridized carbons (Fsp3) is 0.471. The number of rotatable bonds is 6. The topological polar surface area (TPSA) is 29.9 Å². The Bertz CT molecular complexity index is 602. The van der Waals surface area contributed by atoms with Gasteiger partial charge in [-0.2, -0.15) is 5.10 Å². The molecule has 0 saturated carbocycles. The van der Waals surface area contributed by atoms with Crippen LogP contribution in [0.15, 0.2) is 28.9 Å². The number of hydrogen-bond acceptors (Lipinski definition) is 2. The molecule has 0 spiro atoms. The second-order valence-corrected chi connectivity index (χ2v) is 6.66. The number of nitrogens with zero attached hydrogens (tertiary/aromatic N) is 2. The van der Waals surface area contributed by atoms with Crippen LogP contribution >= 0.6 is 15.9 Å². The number of aryl methyl sites for hydroxylation is 1. The second-order valence-electron chi connectivity index (χ2n) is 5.74. The van der Waals surface area contributed by atoms with Crippen LogP contribution < -0.4 is 5.32 Å². The molecule has 0 aliphatic carbocycles. The van der Waals surface area contributed by atoms with E-state index in [1.807, 2.05) is 6.20 Å². The quantitative estimate of drug-likeness (QED) is 0.837. The van der Waals surface area contributed by atoms with E-state index in [4.69, 9.17) is 0 Å². The van der Waals surface area contributed by atoms with Crippen molar-refractivity contribution >= 4 is 15.9 Å². The molecule has 0 amide bonds. The molecule has 1 heterocycles. The van der Waals surface area contributed by atoms with Crippen LogP contribution in [0, 0.1) is 6.92 Å². The van der Waals surface area contributed by atoms with E-state index in [1.165, 1.54) is 16.8 Å². The summed E-state index contributed by atoms with van der Waals surface area (Å²) in [5.41, 5.74) is 5.01. The van der Waals surface area contributed by atoms with Gasteiger partial charge in [0, 0.05) is 28.3 Å². The molecule has 1 N–H and O–H groups in total. The summed E-state index contributed by atoms with van der Waals surface area (Å²) in [5.74, 6) is 0. The van der Waals surface area contributed by atoms with Crippen LogP contribution in [0.1, 0.15) is 44.0 Å². The fourth-order valence-corrected chi connectivity index (χ4v) is 2.91. The summed E-state index contributed by atoms with van der Waals surface area (Å²) in [4.78, 5) is 0. The van der Waals surface area contributed by atoms with Gasteiger partial charge in [0.15, 0.2) is 0 Å². The molecule has 0 radical (unpaired) electrons. The minimum absolute atomic E-state index is 0.484. The van der Waals surface area contributed by atoms with E-state index < -0.39 is 0 Å². The predicted molar refractivity (Wildman–Crippen MR) is 92.0 cm³/mol. The molecule has 3 nitrogen and oxygen atoms in total. The van der Waals surface area contributed by atoms with Crippen molar-refractivity contribution < 1.29 is 0 Å². The first kappa shape index (κ1) is 16.2. The highest BCUT2D eigenvalue weighted by Crippen LogP contribution is 2.22. The van der Waals surface area contributed by atoms with Crippen molar-refractivity contribution in [2.75, 3.05) is 0 Å². The summed E-state index contributed by atoms with van der Waals surface area (Å²) in [6.45, 7) is 9.56. The van der Waals surface area contributed by atoms with Gasteiger partial charge in [-0.3, -0.25) is 0 Å². The van der Waals surface area contributed by atoms with Crippen LogP contribution in [-0.2, 0) is 13.0 Å². The standard InChI is InChI=1S/C17H24BrN3/c1-5-6-17-14(10-19-12(2)3)11-20-21(17)16-8-7-15(18)9-13(16)4/h7-9,11-12,19H,5-6,10H2,1-4H3. The van der Waals surface area contributed by atoms with Crippen molar-refractivity contribution in [1.29, 1.82) is 0 Å². The van der Waals surface area contributed by atoms with E-state index in [0.717, 1.165) is 29.5 Å². The molecular weight excluding hydrogens is 326 g/mol. The molecule has 1 aromatic carbocycles. The number of benzene rings is 1. The highest BCUT2D eigenvalue weighted by atomic mass is 79.9. The monoisotopic (exact) mass is 349 g/mol. The van der Waals surface area contributed by atoms with Crippen LogP contribution in [0.2, 0.25) is 0 Å². The maximum atomic E-state index is 4.63. The third-order valence-electron chi connectivity index (χ3n) is 3.53. The maximum absolute atomic E-state index is 4.63. The minimum Gasteiger partial charge on any atom is -0.310 e. The highest BCUT2D eigenvalue weighted by molar-refractivity contribution is 9.10. The van der Waals surface area contributed by atoms with E-state index >= 15 is 0 Å². The zero-order valence-corrected chi connectivity index (χ0v) is 14.9. The molecule has 0 fully saturated rings. The Balaban J connectivity index is 2.38. The zero-order chi connectivity index (χ0) is 15.4. The summed E-state index contributed by atoms with van der Waals surface area (Å²) >= 11 is 3.52. The molecule has 0 unspecified atom stereocenters. The Morgan fingerprint density at radius 2 is 2.10 bits per heavy atom. The average Bonchev–Trinajstić information content (AvgIpc) is 2.80. The molecule has 114 valence electrons. The Morgan fingerprint density at radius 1 is 1.33 bits per heavy atom. The van der Waals surface area contributed by atoms with Gasteiger partial charge in [-0.25, -0.2) is 4.68 Å². The first-order chi connectivity index (χ1) is 10.0. The van der Waals surface area contributed by atoms with Gasteiger partial charge in [0.1, 0.15) is 0 Å². The van der Waals surface area contributed by atoms with Crippen LogP contribution in [-0.4, -0.2) is 15.8 Å². The van der Waals surface area contributed by atoms with Gasteiger partial charge in [0.2, 0.25) is 0 Å². The predicted octanol–water partition coefficient (Wildman–Crippen LogP) is 4.39. The lowest BCUT2D eigenvalue weighted by molar-refractivity contribution is 0.585. The van der Waals surface area contributed by atoms with E-state index in [9.17, 15) is 0 Å². The minimum atomic E-state index is 0.484. The smallest absolute Gasteiger partial charge is 0.0678 e. The van der Waals surface area contributed by atoms with Gasteiger partial charge in [-0.1, -0.05) is 43.1 Å². The van der Waals surface area contributed by atoms with Gasteiger partial charge in [-0.15, -0.1) is 0 Å². The number of nitrogens with one attached hydrogen (secondary N) is 1. The lowest BCUT2D eigenvalue weighted by Crippen LogP contribution is -2.22. The van der Waals surface area contributed by atoms with Gasteiger partial charge >= 0.3 is 0 Å². The van der Waals surface area contributed by atoms with E-state index in [2.05, 4.69) is 76.9 Å². The van der Waals surface area contributed by atoms with E-state index in [-0.39, 0.29) is 0 Å². The largest absolute Gasteiger partial charge is 0.310 e. The van der Waals surface area contributed by atoms with Crippen molar-refractivity contribution in [3.05, 3.63) is 45.7 Å². The van der Waals surface area contributed by atoms with Crippen LogP contribution in [0.4, 0.5) is 0 Å². The second kappa shape index (κ2) is 7.23.